The zero-order chi connectivity index (χ0) is 6.78. The Hall–Kier alpha value is -0.160. The van der Waals surface area contributed by atoms with Gasteiger partial charge < -0.3 is 11.5 Å². The Labute approximate surface area is 48.4 Å². The molecule has 0 unspecified atom stereocenters. The first-order chi connectivity index (χ1) is 3.50. The van der Waals surface area contributed by atoms with Crippen molar-refractivity contribution in [1.29, 1.82) is 0 Å². The fourth-order valence-electron chi connectivity index (χ4n) is 0.0556. The summed E-state index contributed by atoms with van der Waals surface area (Å²) in [5, 5.41) is 9.73. The lowest BCUT2D eigenvalue weighted by atomic mass is 10.1. The van der Waals surface area contributed by atoms with Gasteiger partial charge in [0.15, 0.2) is 0 Å². The summed E-state index contributed by atoms with van der Waals surface area (Å²) in [6.45, 7) is 3.06. The summed E-state index contributed by atoms with van der Waals surface area (Å²) < 4.78 is 0. The van der Waals surface area contributed by atoms with Gasteiger partial charge in [0, 0.05) is 0 Å². The molecule has 0 bridgehead atoms. The highest BCUT2D eigenvalue weighted by Gasteiger charge is 2.24. The lowest BCUT2D eigenvalue weighted by Crippen LogP contribution is -2.50. The molecule has 4 N–H and O–H groups in total. The number of nitrogens with two attached hydrogens (primary N) is 2. The van der Waals surface area contributed by atoms with E-state index in [9.17, 15) is 5.26 Å². The average Bonchev–Trinajstić information content (AvgIpc) is 1.67. The molecule has 0 aromatic heterocycles. The molecule has 0 aromatic carbocycles. The average molecular weight is 119 g/mol. The quantitative estimate of drug-likeness (QED) is 0.288. The van der Waals surface area contributed by atoms with Gasteiger partial charge in [0.05, 0.1) is 6.17 Å². The maximum absolute atomic E-state index is 9.73. The molecule has 0 aliphatic heterocycles. The van der Waals surface area contributed by atoms with Crippen LogP contribution in [0.2, 0.25) is 0 Å². The molecule has 1 radical (unpaired) electrons. The van der Waals surface area contributed by atoms with Crippen LogP contribution in [-0.2, 0) is 10.1 Å². The first-order valence-electron chi connectivity index (χ1n) is 2.33. The van der Waals surface area contributed by atoms with Crippen molar-refractivity contribution in [3.63, 3.8) is 0 Å². The smallest absolute Gasteiger partial charge is 0.129 e. The number of hydrogen-bond donors (Lipinski definition) is 2. The van der Waals surface area contributed by atoms with E-state index in [1.54, 1.807) is 0 Å². The molecular weight excluding hydrogens is 108 g/mol. The molecule has 0 heterocycles. The molecule has 0 amide bonds. The maximum Gasteiger partial charge on any atom is 0.129 e. The third-order valence-electron chi connectivity index (χ3n) is 1.02. The molecule has 0 aliphatic rings. The normalized spacial score (nSPS) is 12.8. The minimum Gasteiger partial charge on any atom is -0.314 e. The Morgan fingerprint density at radius 2 is 1.88 bits per heavy atom. The van der Waals surface area contributed by atoms with Crippen molar-refractivity contribution in [3.05, 3.63) is 0 Å². The topological polar surface area (TPSA) is 81.2 Å². The van der Waals surface area contributed by atoms with Crippen molar-refractivity contribution < 1.29 is 10.1 Å². The van der Waals surface area contributed by atoms with Gasteiger partial charge in [-0.3, -0.25) is 0 Å². The monoisotopic (exact) mass is 119 g/mol. The van der Waals surface area contributed by atoms with Crippen LogP contribution in [0.4, 0.5) is 0 Å². The van der Waals surface area contributed by atoms with Crippen LogP contribution < -0.4 is 11.5 Å². The molecule has 0 rings (SSSR count). The molecule has 0 fully saturated rings. The first kappa shape index (κ1) is 7.84. The second kappa shape index (κ2) is 2.41. The molecular formula is C4H11N2O2. The number of hydrogen-bond acceptors (Lipinski definition) is 3. The van der Waals surface area contributed by atoms with Gasteiger partial charge in [-0.05, 0) is 19.1 Å². The van der Waals surface area contributed by atoms with Crippen LogP contribution in [0.3, 0.4) is 0 Å². The van der Waals surface area contributed by atoms with Crippen LogP contribution in [0, 0.1) is 0 Å². The molecule has 0 atom stereocenters. The Kier molecular flexibility index (Phi) is 2.36. The van der Waals surface area contributed by atoms with Crippen LogP contribution in [-0.4, -0.2) is 11.8 Å². The van der Waals surface area contributed by atoms with Gasteiger partial charge >= 0.3 is 0 Å². The van der Waals surface area contributed by atoms with Crippen molar-refractivity contribution in [2.24, 2.45) is 11.5 Å². The summed E-state index contributed by atoms with van der Waals surface area (Å²) in [5.41, 5.74) is 9.31. The molecule has 4 nitrogen and oxygen atoms in total. The van der Waals surface area contributed by atoms with Gasteiger partial charge in [0.25, 0.3) is 0 Å². The lowest BCUT2D eigenvalue weighted by Gasteiger charge is -2.22. The second-order valence-electron chi connectivity index (χ2n) is 2.21. The predicted octanol–water partition coefficient (Wildman–Crippen LogP) is -0.629. The summed E-state index contributed by atoms with van der Waals surface area (Å²) >= 11 is 0. The maximum atomic E-state index is 9.73. The van der Waals surface area contributed by atoms with Crippen LogP contribution in [0.5, 0.6) is 0 Å². The fourth-order valence-corrected chi connectivity index (χ4v) is 0.0556. The Morgan fingerprint density at radius 3 is 1.88 bits per heavy atom. The van der Waals surface area contributed by atoms with E-state index in [0.29, 0.717) is 0 Å². The van der Waals surface area contributed by atoms with Crippen molar-refractivity contribution in [3.8, 4) is 0 Å². The highest BCUT2D eigenvalue weighted by molar-refractivity contribution is 4.75. The Bertz CT molecular complexity index is 72.4. The predicted molar refractivity (Wildman–Crippen MR) is 28.0 cm³/mol. The minimum absolute atomic E-state index is 0.722. The fraction of sp³-hybridized carbons (Fsp3) is 1.00. The van der Waals surface area contributed by atoms with E-state index in [1.165, 1.54) is 13.8 Å². The molecule has 0 saturated carbocycles. The Balaban J connectivity index is 3.71. The van der Waals surface area contributed by atoms with Gasteiger partial charge in [0.2, 0.25) is 0 Å². The highest BCUT2D eigenvalue weighted by Crippen LogP contribution is 2.06. The van der Waals surface area contributed by atoms with Crippen molar-refractivity contribution >= 4 is 0 Å². The molecule has 49 valence electrons. The third-order valence-corrected chi connectivity index (χ3v) is 1.02. The van der Waals surface area contributed by atoms with Crippen molar-refractivity contribution in [1.82, 2.24) is 0 Å². The van der Waals surface area contributed by atoms with Gasteiger partial charge in [-0.2, -0.15) is 4.89 Å². The zero-order valence-electron chi connectivity index (χ0n) is 5.05. The van der Waals surface area contributed by atoms with Crippen molar-refractivity contribution in [2.45, 2.75) is 25.6 Å². The van der Waals surface area contributed by atoms with Crippen molar-refractivity contribution in [2.75, 3.05) is 0 Å². The molecule has 0 saturated heterocycles. The van der Waals surface area contributed by atoms with E-state index >= 15 is 0 Å². The summed E-state index contributed by atoms with van der Waals surface area (Å²) in [7, 11) is 0. The summed E-state index contributed by atoms with van der Waals surface area (Å²) in [5.74, 6) is 0. The molecule has 4 heteroatoms. The largest absolute Gasteiger partial charge is 0.314 e. The standard InChI is InChI=1S/C4H11N2O2/c1-4(2,8-7)3(5)6/h3H,5-6H2,1-2H3. The summed E-state index contributed by atoms with van der Waals surface area (Å²) in [4.78, 5) is 3.70. The van der Waals surface area contributed by atoms with Crippen LogP contribution >= 0.6 is 0 Å². The summed E-state index contributed by atoms with van der Waals surface area (Å²) in [6, 6.07) is 0. The number of rotatable bonds is 2. The molecule has 8 heavy (non-hydrogen) atoms. The van der Waals surface area contributed by atoms with E-state index in [-0.39, 0.29) is 0 Å². The van der Waals surface area contributed by atoms with E-state index in [0.717, 1.165) is 0 Å². The van der Waals surface area contributed by atoms with E-state index < -0.39 is 11.8 Å². The molecule has 0 spiro atoms. The SMILES string of the molecule is CC(C)(O[O])C(N)N. The third kappa shape index (κ3) is 1.75. The first-order valence-corrected chi connectivity index (χ1v) is 2.33. The van der Waals surface area contributed by atoms with Crippen LogP contribution in [0.25, 0.3) is 0 Å². The highest BCUT2D eigenvalue weighted by atomic mass is 17.1. The van der Waals surface area contributed by atoms with Gasteiger partial charge in [-0.15, -0.1) is 0 Å². The van der Waals surface area contributed by atoms with E-state index in [4.69, 9.17) is 11.5 Å². The van der Waals surface area contributed by atoms with Crippen LogP contribution in [0.15, 0.2) is 0 Å². The van der Waals surface area contributed by atoms with E-state index in [2.05, 4.69) is 4.89 Å². The second-order valence-corrected chi connectivity index (χ2v) is 2.21. The Morgan fingerprint density at radius 1 is 1.50 bits per heavy atom. The summed E-state index contributed by atoms with van der Waals surface area (Å²) in [6.07, 6.45) is -0.722. The zero-order valence-corrected chi connectivity index (χ0v) is 5.05. The minimum atomic E-state index is -0.958. The van der Waals surface area contributed by atoms with Gasteiger partial charge in [-0.1, -0.05) is 0 Å². The van der Waals surface area contributed by atoms with Crippen LogP contribution in [0.1, 0.15) is 13.8 Å². The van der Waals surface area contributed by atoms with Gasteiger partial charge in [-0.25, -0.2) is 0 Å². The van der Waals surface area contributed by atoms with E-state index in [1.807, 2.05) is 0 Å². The molecule has 0 aliphatic carbocycles. The van der Waals surface area contributed by atoms with Gasteiger partial charge in [0.1, 0.15) is 5.60 Å². The lowest BCUT2D eigenvalue weighted by molar-refractivity contribution is -0.368. The molecule has 0 aromatic rings.